The van der Waals surface area contributed by atoms with Crippen LogP contribution in [0.5, 0.6) is 0 Å². The predicted molar refractivity (Wildman–Crippen MR) is 112 cm³/mol. The summed E-state index contributed by atoms with van der Waals surface area (Å²) in [5.74, 6) is 1.93. The zero-order valence-electron chi connectivity index (χ0n) is 15.1. The monoisotopic (exact) mass is 389 g/mol. The number of thiocarbonyl (C=S) groups is 1. The molecule has 1 aliphatic rings. The van der Waals surface area contributed by atoms with E-state index >= 15 is 0 Å². The van der Waals surface area contributed by atoms with Crippen molar-refractivity contribution in [3.63, 3.8) is 0 Å². The highest BCUT2D eigenvalue weighted by atomic mass is 35.5. The number of aryl methyl sites for hydroxylation is 1. The Hall–Kier alpha value is -1.92. The van der Waals surface area contributed by atoms with Crippen molar-refractivity contribution >= 4 is 40.7 Å². The Kier molecular flexibility index (Phi) is 6.27. The molecule has 1 aromatic heterocycles. The first-order chi connectivity index (χ1) is 12.5. The molecule has 0 saturated carbocycles. The molecule has 1 atom stereocenters. The minimum atomic E-state index is 0.414. The number of rotatable bonds is 4. The van der Waals surface area contributed by atoms with Gasteiger partial charge in [-0.15, -0.1) is 0 Å². The number of nitrogens with one attached hydrogen (secondary N) is 2. The Morgan fingerprint density at radius 2 is 2.08 bits per heavy atom. The fraction of sp³-hybridized carbons (Fsp3) is 0.421. The Balaban J connectivity index is 1.61. The van der Waals surface area contributed by atoms with E-state index in [1.165, 1.54) is 18.4 Å². The highest BCUT2D eigenvalue weighted by Crippen LogP contribution is 2.24. The van der Waals surface area contributed by atoms with Gasteiger partial charge in [-0.2, -0.15) is 4.98 Å². The first kappa shape index (κ1) is 18.9. The van der Waals surface area contributed by atoms with Gasteiger partial charge in [-0.1, -0.05) is 48.4 Å². The normalized spacial score (nSPS) is 17.0. The molecule has 0 radical (unpaired) electrons. The molecule has 0 spiro atoms. The van der Waals surface area contributed by atoms with E-state index in [2.05, 4.69) is 63.6 Å². The van der Waals surface area contributed by atoms with Crippen LogP contribution in [0.15, 0.2) is 30.3 Å². The lowest BCUT2D eigenvalue weighted by molar-refractivity contribution is 0.444. The topological polar surface area (TPSA) is 53.1 Å². The molecule has 1 saturated heterocycles. The molecule has 26 heavy (non-hydrogen) atoms. The molecule has 138 valence electrons. The summed E-state index contributed by atoms with van der Waals surface area (Å²) in [6.07, 6.45) is 2.43. The highest BCUT2D eigenvalue weighted by Gasteiger charge is 2.19. The summed E-state index contributed by atoms with van der Waals surface area (Å²) < 4.78 is 0. The smallest absolute Gasteiger partial charge is 0.232 e. The number of hydrogen-bond acceptors (Lipinski definition) is 4. The van der Waals surface area contributed by atoms with Crippen molar-refractivity contribution in [3.05, 3.63) is 46.6 Å². The molecular weight excluding hydrogens is 366 g/mol. The number of benzene rings is 1. The molecule has 7 heteroatoms. The molecule has 0 bridgehead atoms. The Morgan fingerprint density at radius 1 is 1.31 bits per heavy atom. The maximum absolute atomic E-state index is 6.20. The van der Waals surface area contributed by atoms with Gasteiger partial charge in [-0.25, -0.2) is 4.98 Å². The van der Waals surface area contributed by atoms with Crippen LogP contribution in [0.1, 0.15) is 30.9 Å². The van der Waals surface area contributed by atoms with Gasteiger partial charge in [0.05, 0.1) is 0 Å². The molecule has 2 N–H and O–H groups in total. The first-order valence-corrected chi connectivity index (χ1v) is 9.68. The number of aromatic nitrogens is 2. The molecule has 1 aliphatic heterocycles. The summed E-state index contributed by atoms with van der Waals surface area (Å²) in [5.41, 5.74) is 2.40. The van der Waals surface area contributed by atoms with E-state index in [0.29, 0.717) is 28.7 Å². The molecule has 1 aromatic carbocycles. The van der Waals surface area contributed by atoms with Gasteiger partial charge in [0.2, 0.25) is 5.95 Å². The quantitative estimate of drug-likeness (QED) is 0.604. The zero-order chi connectivity index (χ0) is 18.5. The van der Waals surface area contributed by atoms with Gasteiger partial charge >= 0.3 is 0 Å². The lowest BCUT2D eigenvalue weighted by Crippen LogP contribution is -2.35. The van der Waals surface area contributed by atoms with Crippen molar-refractivity contribution in [1.29, 1.82) is 0 Å². The van der Waals surface area contributed by atoms with Crippen LogP contribution in [0.25, 0.3) is 0 Å². The lowest BCUT2D eigenvalue weighted by Gasteiger charge is -2.32. The van der Waals surface area contributed by atoms with Crippen molar-refractivity contribution in [3.8, 4) is 0 Å². The van der Waals surface area contributed by atoms with Gasteiger partial charge in [-0.05, 0) is 43.5 Å². The highest BCUT2D eigenvalue weighted by molar-refractivity contribution is 7.80. The Bertz CT molecular complexity index is 765. The van der Waals surface area contributed by atoms with E-state index in [9.17, 15) is 0 Å². The Morgan fingerprint density at radius 3 is 2.81 bits per heavy atom. The number of hydrogen-bond donors (Lipinski definition) is 2. The van der Waals surface area contributed by atoms with Gasteiger partial charge in [0.25, 0.3) is 0 Å². The van der Waals surface area contributed by atoms with Crippen LogP contribution in [0.3, 0.4) is 0 Å². The molecule has 0 aliphatic carbocycles. The number of piperidine rings is 1. The lowest BCUT2D eigenvalue weighted by atomic mass is 10.0. The molecular formula is C19H24ClN5S. The van der Waals surface area contributed by atoms with Crippen LogP contribution in [0, 0.1) is 12.8 Å². The maximum Gasteiger partial charge on any atom is 0.232 e. The summed E-state index contributed by atoms with van der Waals surface area (Å²) in [5, 5.41) is 7.11. The van der Waals surface area contributed by atoms with Gasteiger partial charge < -0.3 is 15.5 Å². The van der Waals surface area contributed by atoms with E-state index in [1.807, 2.05) is 6.07 Å². The van der Waals surface area contributed by atoms with E-state index in [4.69, 9.17) is 23.8 Å². The Labute approximate surface area is 165 Å². The van der Waals surface area contributed by atoms with Crippen molar-refractivity contribution in [2.75, 3.05) is 23.3 Å². The zero-order valence-corrected chi connectivity index (χ0v) is 16.7. The molecule has 0 unspecified atom stereocenters. The van der Waals surface area contributed by atoms with Crippen molar-refractivity contribution in [2.45, 2.75) is 33.2 Å². The molecule has 2 aromatic rings. The molecule has 2 heterocycles. The first-order valence-electron chi connectivity index (χ1n) is 8.89. The van der Waals surface area contributed by atoms with Crippen LogP contribution < -0.4 is 15.5 Å². The van der Waals surface area contributed by atoms with Gasteiger partial charge in [-0.3, -0.25) is 0 Å². The largest absolute Gasteiger partial charge is 0.358 e. The minimum absolute atomic E-state index is 0.414. The van der Waals surface area contributed by atoms with Crippen LogP contribution in [-0.2, 0) is 6.54 Å². The van der Waals surface area contributed by atoms with E-state index < -0.39 is 0 Å². The second-order valence-corrected chi connectivity index (χ2v) is 7.65. The third-order valence-corrected chi connectivity index (χ3v) is 4.90. The van der Waals surface area contributed by atoms with Crippen LogP contribution >= 0.6 is 23.8 Å². The second kappa shape index (κ2) is 8.64. The van der Waals surface area contributed by atoms with Crippen molar-refractivity contribution in [1.82, 2.24) is 15.3 Å². The molecule has 1 fully saturated rings. The standard InChI is InChI=1S/C19H24ClN5S/c1-13-5-7-15(8-6-13)11-21-19(26)24-18-22-16(20)10-17(23-18)25-9-3-4-14(2)12-25/h5-8,10,14H,3-4,9,11-12H2,1-2H3,(H2,21,22,23,24,26)/t14-/m1/s1. The minimum Gasteiger partial charge on any atom is -0.358 e. The molecule has 3 rings (SSSR count). The SMILES string of the molecule is Cc1ccc(CNC(=S)Nc2nc(Cl)cc(N3CCC[C@@H](C)C3)n2)cc1. The summed E-state index contributed by atoms with van der Waals surface area (Å²) in [6, 6.07) is 10.1. The third kappa shape index (κ3) is 5.29. The van der Waals surface area contributed by atoms with Crippen molar-refractivity contribution in [2.24, 2.45) is 5.92 Å². The molecule has 5 nitrogen and oxygen atoms in total. The number of halogens is 1. The predicted octanol–water partition coefficient (Wildman–Crippen LogP) is 4.16. The summed E-state index contributed by atoms with van der Waals surface area (Å²) >= 11 is 11.6. The van der Waals surface area contributed by atoms with Crippen molar-refractivity contribution < 1.29 is 0 Å². The fourth-order valence-corrected chi connectivity index (χ4v) is 3.40. The van der Waals surface area contributed by atoms with E-state index in [1.54, 1.807) is 0 Å². The average molecular weight is 390 g/mol. The van der Waals surface area contributed by atoms with Crippen LogP contribution in [0.4, 0.5) is 11.8 Å². The summed E-state index contributed by atoms with van der Waals surface area (Å²) in [4.78, 5) is 11.1. The summed E-state index contributed by atoms with van der Waals surface area (Å²) in [7, 11) is 0. The van der Waals surface area contributed by atoms with Gasteiger partial charge in [0.1, 0.15) is 11.0 Å². The summed E-state index contributed by atoms with van der Waals surface area (Å²) in [6.45, 7) is 6.96. The van der Waals surface area contributed by atoms with Gasteiger partial charge in [0, 0.05) is 25.7 Å². The van der Waals surface area contributed by atoms with E-state index in [-0.39, 0.29) is 0 Å². The fourth-order valence-electron chi connectivity index (χ4n) is 3.06. The number of nitrogens with zero attached hydrogens (tertiary/aromatic N) is 3. The maximum atomic E-state index is 6.20. The van der Waals surface area contributed by atoms with Crippen LogP contribution in [0.2, 0.25) is 5.15 Å². The molecule has 0 amide bonds. The third-order valence-electron chi connectivity index (χ3n) is 4.46. The van der Waals surface area contributed by atoms with Gasteiger partial charge in [0.15, 0.2) is 5.11 Å². The number of anilines is 2. The average Bonchev–Trinajstić information content (AvgIpc) is 2.61. The second-order valence-electron chi connectivity index (χ2n) is 6.86. The van der Waals surface area contributed by atoms with E-state index in [0.717, 1.165) is 24.5 Å². The van der Waals surface area contributed by atoms with Crippen LogP contribution in [-0.4, -0.2) is 28.2 Å².